The number of hydrogen-bond donors (Lipinski definition) is 6. The molecule has 26 heavy (non-hydrogen) atoms. The number of nitrogens with two attached hydrogens (primary N) is 1. The van der Waals surface area contributed by atoms with Gasteiger partial charge in [0.2, 0.25) is 11.8 Å². The Morgan fingerprint density at radius 1 is 1.19 bits per heavy atom. The van der Waals surface area contributed by atoms with Crippen LogP contribution < -0.4 is 21.7 Å². The number of carbonyl (C=O) groups excluding carboxylic acids is 3. The molecule has 3 atom stereocenters. The molecule has 3 unspecified atom stereocenters. The number of carbonyl (C=O) groups is 3. The van der Waals surface area contributed by atoms with Crippen LogP contribution in [-0.4, -0.2) is 52.9 Å². The lowest BCUT2D eigenvalue weighted by molar-refractivity contribution is -0.123. The van der Waals surface area contributed by atoms with Crippen LogP contribution in [0.2, 0.25) is 0 Å². The van der Waals surface area contributed by atoms with E-state index in [1.54, 1.807) is 12.1 Å². The Balaban J connectivity index is 2.03. The van der Waals surface area contributed by atoms with Crippen molar-refractivity contribution in [3.05, 3.63) is 41.5 Å². The highest BCUT2D eigenvalue weighted by molar-refractivity contribution is 5.96. The molecular formula is C17H22N4O5. The maximum atomic E-state index is 12.1. The third kappa shape index (κ3) is 5.30. The fraction of sp³-hybridized carbons (Fsp3) is 0.353. The van der Waals surface area contributed by atoms with Gasteiger partial charge in [0, 0.05) is 17.7 Å². The summed E-state index contributed by atoms with van der Waals surface area (Å²) in [5.74, 6) is -1.30. The van der Waals surface area contributed by atoms with Crippen LogP contribution >= 0.6 is 0 Å². The van der Waals surface area contributed by atoms with Crippen molar-refractivity contribution in [3.63, 3.8) is 0 Å². The number of aryl methyl sites for hydroxylation is 1. The number of anilines is 1. The van der Waals surface area contributed by atoms with E-state index in [0.717, 1.165) is 5.56 Å². The average Bonchev–Trinajstić information content (AvgIpc) is 2.58. The molecule has 0 bridgehead atoms. The van der Waals surface area contributed by atoms with Crippen LogP contribution in [0.1, 0.15) is 12.0 Å². The molecule has 0 fully saturated rings. The number of aliphatic hydroxyl groups is 2. The molecule has 1 aromatic carbocycles. The van der Waals surface area contributed by atoms with E-state index >= 15 is 0 Å². The molecule has 0 saturated carbocycles. The van der Waals surface area contributed by atoms with E-state index in [2.05, 4.69) is 16.0 Å². The molecule has 140 valence electrons. The minimum absolute atomic E-state index is 0.108. The molecule has 1 aliphatic carbocycles. The first-order valence-electron chi connectivity index (χ1n) is 8.04. The van der Waals surface area contributed by atoms with Crippen molar-refractivity contribution in [3.8, 4) is 0 Å². The largest absolute Gasteiger partial charge is 0.390 e. The van der Waals surface area contributed by atoms with Gasteiger partial charge in [-0.1, -0.05) is 23.8 Å². The number of nitrogens with one attached hydrogen (secondary N) is 3. The Bertz CT molecular complexity index is 716. The minimum atomic E-state index is -1.27. The monoisotopic (exact) mass is 362 g/mol. The van der Waals surface area contributed by atoms with Gasteiger partial charge in [0.15, 0.2) is 0 Å². The molecule has 0 aliphatic heterocycles. The van der Waals surface area contributed by atoms with Gasteiger partial charge in [0.25, 0.3) is 0 Å². The van der Waals surface area contributed by atoms with Gasteiger partial charge in [-0.3, -0.25) is 9.59 Å². The summed E-state index contributed by atoms with van der Waals surface area (Å²) < 4.78 is 0. The summed E-state index contributed by atoms with van der Waals surface area (Å²) in [4.78, 5) is 34.8. The molecule has 1 aliphatic rings. The quantitative estimate of drug-likeness (QED) is 0.402. The Labute approximate surface area is 150 Å². The molecule has 0 heterocycles. The molecule has 0 saturated heterocycles. The Kier molecular flexibility index (Phi) is 6.31. The average molecular weight is 362 g/mol. The predicted octanol–water partition coefficient (Wildman–Crippen LogP) is -0.861. The van der Waals surface area contributed by atoms with Crippen LogP contribution in [-0.2, 0) is 9.59 Å². The smallest absolute Gasteiger partial charge is 0.319 e. The van der Waals surface area contributed by atoms with Crippen molar-refractivity contribution >= 4 is 23.5 Å². The number of hydrogen-bond acceptors (Lipinski definition) is 5. The Hall–Kier alpha value is -2.91. The number of amides is 4. The van der Waals surface area contributed by atoms with Gasteiger partial charge >= 0.3 is 6.03 Å². The molecule has 0 spiro atoms. The maximum absolute atomic E-state index is 12.1. The molecule has 2 rings (SSSR count). The van der Waals surface area contributed by atoms with Gasteiger partial charge in [-0.2, -0.15) is 0 Å². The van der Waals surface area contributed by atoms with E-state index in [0.29, 0.717) is 5.69 Å². The third-order valence-electron chi connectivity index (χ3n) is 3.89. The van der Waals surface area contributed by atoms with Crippen LogP contribution in [0.15, 0.2) is 35.9 Å². The number of benzene rings is 1. The highest BCUT2D eigenvalue weighted by atomic mass is 16.3. The van der Waals surface area contributed by atoms with Gasteiger partial charge in [-0.25, -0.2) is 4.79 Å². The van der Waals surface area contributed by atoms with Crippen molar-refractivity contribution < 1.29 is 24.6 Å². The first kappa shape index (κ1) is 19.4. The second-order valence-corrected chi connectivity index (χ2v) is 6.09. The zero-order valence-electron chi connectivity index (χ0n) is 14.2. The lowest BCUT2D eigenvalue weighted by Gasteiger charge is -2.31. The fourth-order valence-corrected chi connectivity index (χ4v) is 2.50. The van der Waals surface area contributed by atoms with Gasteiger partial charge in [-0.15, -0.1) is 0 Å². The van der Waals surface area contributed by atoms with Crippen molar-refractivity contribution in [1.29, 1.82) is 0 Å². The van der Waals surface area contributed by atoms with E-state index in [9.17, 15) is 24.6 Å². The van der Waals surface area contributed by atoms with Crippen molar-refractivity contribution in [1.82, 2.24) is 10.6 Å². The molecule has 0 radical (unpaired) electrons. The van der Waals surface area contributed by atoms with E-state index < -0.39 is 36.1 Å². The third-order valence-corrected chi connectivity index (χ3v) is 3.89. The van der Waals surface area contributed by atoms with Crippen LogP contribution in [0.4, 0.5) is 10.5 Å². The lowest BCUT2D eigenvalue weighted by Crippen LogP contribution is -2.52. The molecule has 7 N–H and O–H groups in total. The minimum Gasteiger partial charge on any atom is -0.390 e. The second kappa shape index (κ2) is 8.45. The summed E-state index contributed by atoms with van der Waals surface area (Å²) >= 11 is 0. The topological polar surface area (TPSA) is 154 Å². The van der Waals surface area contributed by atoms with E-state index in [4.69, 9.17) is 5.73 Å². The maximum Gasteiger partial charge on any atom is 0.319 e. The van der Waals surface area contributed by atoms with E-state index in [-0.39, 0.29) is 18.5 Å². The van der Waals surface area contributed by atoms with Crippen LogP contribution in [0, 0.1) is 6.92 Å². The van der Waals surface area contributed by atoms with Crippen LogP contribution in [0.5, 0.6) is 0 Å². The molecule has 1 aromatic rings. The number of rotatable bonds is 5. The standard InChI is InChI=1S/C17H22N4O5/c1-9-2-4-11(5-3-9)20-17(26)21-12-6-10(7-13(22)15(12)24)16(25)19-8-14(18)23/h2-6,12-13,15,22,24H,7-8H2,1H3,(H2,18,23)(H,19,25)(H2,20,21,26). The van der Waals surface area contributed by atoms with E-state index in [1.165, 1.54) is 6.08 Å². The van der Waals surface area contributed by atoms with Gasteiger partial charge in [-0.05, 0) is 19.1 Å². The normalized spacial score (nSPS) is 22.1. The van der Waals surface area contributed by atoms with Gasteiger partial charge in [0.1, 0.15) is 6.10 Å². The van der Waals surface area contributed by atoms with Crippen LogP contribution in [0.25, 0.3) is 0 Å². The molecule has 4 amide bonds. The molecule has 9 nitrogen and oxygen atoms in total. The fourth-order valence-electron chi connectivity index (χ4n) is 2.50. The highest BCUT2D eigenvalue weighted by Gasteiger charge is 2.33. The lowest BCUT2D eigenvalue weighted by atomic mass is 9.90. The molecule has 0 aromatic heterocycles. The van der Waals surface area contributed by atoms with Gasteiger partial charge in [0.05, 0.1) is 18.7 Å². The molecule has 9 heteroatoms. The SMILES string of the molecule is Cc1ccc(NC(=O)NC2C=C(C(=O)NCC(N)=O)CC(O)C2O)cc1. The zero-order chi connectivity index (χ0) is 19.3. The Morgan fingerprint density at radius 3 is 2.46 bits per heavy atom. The first-order valence-corrected chi connectivity index (χ1v) is 8.04. The predicted molar refractivity (Wildman–Crippen MR) is 94.0 cm³/mol. The number of urea groups is 1. The molecular weight excluding hydrogens is 340 g/mol. The van der Waals surface area contributed by atoms with Crippen molar-refractivity contribution in [2.75, 3.05) is 11.9 Å². The van der Waals surface area contributed by atoms with Crippen molar-refractivity contribution in [2.45, 2.75) is 31.6 Å². The summed E-state index contributed by atoms with van der Waals surface area (Å²) in [5.41, 5.74) is 6.71. The van der Waals surface area contributed by atoms with E-state index in [1.807, 2.05) is 19.1 Å². The highest BCUT2D eigenvalue weighted by Crippen LogP contribution is 2.20. The zero-order valence-corrected chi connectivity index (χ0v) is 14.2. The summed E-state index contributed by atoms with van der Waals surface area (Å²) in [7, 11) is 0. The summed E-state index contributed by atoms with van der Waals surface area (Å²) in [6, 6.07) is 5.53. The van der Waals surface area contributed by atoms with Crippen LogP contribution in [0.3, 0.4) is 0 Å². The Morgan fingerprint density at radius 2 is 1.85 bits per heavy atom. The summed E-state index contributed by atoms with van der Waals surface area (Å²) in [6.07, 6.45) is -1.27. The van der Waals surface area contributed by atoms with Crippen molar-refractivity contribution in [2.24, 2.45) is 5.73 Å². The second-order valence-electron chi connectivity index (χ2n) is 6.09. The van der Waals surface area contributed by atoms with Gasteiger partial charge < -0.3 is 31.9 Å². The number of primary amides is 1. The first-order chi connectivity index (χ1) is 12.3. The summed E-state index contributed by atoms with van der Waals surface area (Å²) in [5, 5.41) is 27.4. The number of aliphatic hydroxyl groups excluding tert-OH is 2. The summed E-state index contributed by atoms with van der Waals surface area (Å²) in [6.45, 7) is 1.57.